The SMILES string of the molecule is CC(C)N(c1nn(-c2ccc(-n3nc4ccccc4c3Cl)cc2)cc1C(=O)O)C(=O)[C@H]1CC[C@H](C)CC1. The highest BCUT2D eigenvalue weighted by molar-refractivity contribution is 6.34. The van der Waals surface area contributed by atoms with Crippen molar-refractivity contribution in [1.29, 1.82) is 0 Å². The van der Waals surface area contributed by atoms with Gasteiger partial charge in [-0.2, -0.15) is 5.10 Å². The first-order valence-corrected chi connectivity index (χ1v) is 13.0. The number of aromatic carboxylic acids is 1. The molecule has 1 saturated carbocycles. The minimum absolute atomic E-state index is 0.00308. The van der Waals surface area contributed by atoms with Crippen molar-refractivity contribution in [3.63, 3.8) is 0 Å². The van der Waals surface area contributed by atoms with E-state index in [4.69, 9.17) is 11.6 Å². The van der Waals surface area contributed by atoms with Crippen LogP contribution in [-0.2, 0) is 4.79 Å². The molecule has 1 amide bonds. The molecule has 2 aromatic heterocycles. The van der Waals surface area contributed by atoms with Gasteiger partial charge in [-0.05, 0) is 81.8 Å². The summed E-state index contributed by atoms with van der Waals surface area (Å²) in [5.41, 5.74) is 2.22. The predicted molar refractivity (Wildman–Crippen MR) is 144 cm³/mol. The molecule has 0 bridgehead atoms. The molecular formula is C28H30ClN5O3. The molecular weight excluding hydrogens is 490 g/mol. The Morgan fingerprint density at radius 2 is 1.65 bits per heavy atom. The summed E-state index contributed by atoms with van der Waals surface area (Å²) in [7, 11) is 0. The molecule has 0 unspecified atom stereocenters. The van der Waals surface area contributed by atoms with Crippen molar-refractivity contribution in [3.8, 4) is 11.4 Å². The normalized spacial score (nSPS) is 17.9. The Bertz CT molecular complexity index is 1450. The number of halogens is 1. The van der Waals surface area contributed by atoms with Gasteiger partial charge in [0, 0.05) is 23.5 Å². The molecule has 192 valence electrons. The number of rotatable bonds is 6. The Morgan fingerprint density at radius 3 is 2.27 bits per heavy atom. The number of carbonyl (C=O) groups excluding carboxylic acids is 1. The number of nitrogens with zero attached hydrogens (tertiary/aromatic N) is 5. The number of hydrogen-bond donors (Lipinski definition) is 1. The maximum absolute atomic E-state index is 13.5. The standard InChI is InChI=1S/C28H30ClN5O3/c1-17(2)33(27(35)19-10-8-18(3)9-11-19)26-23(28(36)37)16-32(31-26)20-12-14-21(15-13-20)34-25(29)22-6-4-5-7-24(22)30-34/h4-7,12-19H,8-11H2,1-3H3,(H,36,37)/t18-,19-. The lowest BCUT2D eigenvalue weighted by Gasteiger charge is -2.32. The third kappa shape index (κ3) is 4.73. The van der Waals surface area contributed by atoms with Crippen molar-refractivity contribution >= 4 is 40.2 Å². The van der Waals surface area contributed by atoms with Gasteiger partial charge >= 0.3 is 5.97 Å². The van der Waals surface area contributed by atoms with E-state index in [0.717, 1.165) is 42.3 Å². The molecule has 9 heteroatoms. The molecule has 0 aliphatic heterocycles. The van der Waals surface area contributed by atoms with Crippen LogP contribution in [0.15, 0.2) is 54.7 Å². The lowest BCUT2D eigenvalue weighted by Crippen LogP contribution is -2.43. The number of benzene rings is 2. The number of carboxylic acids is 1. The fourth-order valence-corrected chi connectivity index (χ4v) is 5.35. The van der Waals surface area contributed by atoms with Crippen molar-refractivity contribution in [2.45, 2.75) is 52.5 Å². The third-order valence-corrected chi connectivity index (χ3v) is 7.51. The molecule has 8 nitrogen and oxygen atoms in total. The summed E-state index contributed by atoms with van der Waals surface area (Å²) < 4.78 is 3.17. The van der Waals surface area contributed by atoms with Crippen LogP contribution in [0.25, 0.3) is 22.3 Å². The van der Waals surface area contributed by atoms with Gasteiger partial charge < -0.3 is 5.11 Å². The average Bonchev–Trinajstić information content (AvgIpc) is 3.47. The van der Waals surface area contributed by atoms with Crippen LogP contribution in [0.4, 0.5) is 5.82 Å². The van der Waals surface area contributed by atoms with E-state index in [2.05, 4.69) is 17.1 Å². The van der Waals surface area contributed by atoms with Crippen LogP contribution < -0.4 is 4.90 Å². The summed E-state index contributed by atoms with van der Waals surface area (Å²) in [4.78, 5) is 27.3. The Morgan fingerprint density at radius 1 is 1.00 bits per heavy atom. The van der Waals surface area contributed by atoms with Gasteiger partial charge in [-0.1, -0.05) is 30.7 Å². The zero-order chi connectivity index (χ0) is 26.3. The number of fused-ring (bicyclic) bond motifs is 1. The van der Waals surface area contributed by atoms with Gasteiger partial charge in [-0.3, -0.25) is 9.69 Å². The molecule has 37 heavy (non-hydrogen) atoms. The molecule has 0 radical (unpaired) electrons. The fraction of sp³-hybridized carbons (Fsp3) is 0.357. The highest BCUT2D eigenvalue weighted by Gasteiger charge is 2.34. The number of hydrogen-bond acceptors (Lipinski definition) is 4. The summed E-state index contributed by atoms with van der Waals surface area (Å²) in [6.07, 6.45) is 5.11. The molecule has 1 N–H and O–H groups in total. The predicted octanol–water partition coefficient (Wildman–Crippen LogP) is 6.13. The lowest BCUT2D eigenvalue weighted by molar-refractivity contribution is -0.124. The van der Waals surface area contributed by atoms with Gasteiger partial charge in [0.05, 0.1) is 16.9 Å². The Labute approximate surface area is 220 Å². The maximum Gasteiger partial charge on any atom is 0.341 e. The molecule has 1 aliphatic carbocycles. The molecule has 0 saturated heterocycles. The van der Waals surface area contributed by atoms with Crippen LogP contribution >= 0.6 is 11.6 Å². The largest absolute Gasteiger partial charge is 0.477 e. The van der Waals surface area contributed by atoms with E-state index in [1.807, 2.05) is 62.4 Å². The Balaban J connectivity index is 1.48. The van der Waals surface area contributed by atoms with Crippen LogP contribution in [0.3, 0.4) is 0 Å². The summed E-state index contributed by atoms with van der Waals surface area (Å²) >= 11 is 6.55. The molecule has 4 aromatic rings. The summed E-state index contributed by atoms with van der Waals surface area (Å²) in [5.74, 6) is -0.493. The molecule has 2 aromatic carbocycles. The lowest BCUT2D eigenvalue weighted by atomic mass is 9.82. The first kappa shape index (κ1) is 25.0. The molecule has 0 spiro atoms. The average molecular weight is 520 g/mol. The van der Waals surface area contributed by atoms with Gasteiger partial charge in [0.25, 0.3) is 0 Å². The molecule has 2 heterocycles. The second-order valence-electron chi connectivity index (χ2n) is 10.1. The number of aromatic nitrogens is 4. The molecule has 0 atom stereocenters. The first-order chi connectivity index (χ1) is 17.7. The Kier molecular flexibility index (Phi) is 6.77. The van der Waals surface area contributed by atoms with Gasteiger partial charge in [-0.15, -0.1) is 5.10 Å². The minimum Gasteiger partial charge on any atom is -0.477 e. The monoisotopic (exact) mass is 519 g/mol. The van der Waals surface area contributed by atoms with E-state index in [1.54, 1.807) is 9.58 Å². The fourth-order valence-electron chi connectivity index (χ4n) is 5.05. The summed E-state index contributed by atoms with van der Waals surface area (Å²) in [6.45, 7) is 5.99. The van der Waals surface area contributed by atoms with E-state index in [9.17, 15) is 14.7 Å². The van der Waals surface area contributed by atoms with Crippen LogP contribution in [0.5, 0.6) is 0 Å². The van der Waals surface area contributed by atoms with Gasteiger partial charge in [0.15, 0.2) is 5.82 Å². The number of carboxylic acid groups (broad SMARTS) is 1. The van der Waals surface area contributed by atoms with Gasteiger partial charge in [0.2, 0.25) is 5.91 Å². The second kappa shape index (κ2) is 10.0. The van der Waals surface area contributed by atoms with E-state index < -0.39 is 5.97 Å². The first-order valence-electron chi connectivity index (χ1n) is 12.6. The van der Waals surface area contributed by atoms with Crippen molar-refractivity contribution in [1.82, 2.24) is 19.6 Å². The Hall–Kier alpha value is -3.65. The zero-order valence-electron chi connectivity index (χ0n) is 21.1. The van der Waals surface area contributed by atoms with E-state index in [-0.39, 0.29) is 29.2 Å². The van der Waals surface area contributed by atoms with E-state index >= 15 is 0 Å². The van der Waals surface area contributed by atoms with Crippen LogP contribution in [-0.4, -0.2) is 42.6 Å². The van der Waals surface area contributed by atoms with Crippen molar-refractivity contribution in [3.05, 3.63) is 65.4 Å². The van der Waals surface area contributed by atoms with Crippen LogP contribution in [0.2, 0.25) is 5.15 Å². The molecule has 1 aliphatic rings. The third-order valence-electron chi connectivity index (χ3n) is 7.15. The maximum atomic E-state index is 13.5. The van der Waals surface area contributed by atoms with Crippen molar-refractivity contribution in [2.24, 2.45) is 11.8 Å². The highest BCUT2D eigenvalue weighted by Crippen LogP contribution is 2.33. The smallest absolute Gasteiger partial charge is 0.341 e. The summed E-state index contributed by atoms with van der Waals surface area (Å²) in [6, 6.07) is 14.8. The van der Waals surface area contributed by atoms with Gasteiger partial charge in [0.1, 0.15) is 10.7 Å². The number of carbonyl (C=O) groups is 2. The van der Waals surface area contributed by atoms with Crippen molar-refractivity contribution < 1.29 is 14.7 Å². The summed E-state index contributed by atoms with van der Waals surface area (Å²) in [5, 5.41) is 20.5. The van der Waals surface area contributed by atoms with Crippen LogP contribution in [0, 0.1) is 11.8 Å². The van der Waals surface area contributed by atoms with Crippen molar-refractivity contribution in [2.75, 3.05) is 4.90 Å². The number of amides is 1. The minimum atomic E-state index is -1.12. The molecule has 1 fully saturated rings. The van der Waals surface area contributed by atoms with E-state index in [1.165, 1.54) is 10.9 Å². The van der Waals surface area contributed by atoms with Crippen LogP contribution in [0.1, 0.15) is 56.8 Å². The second-order valence-corrected chi connectivity index (χ2v) is 10.5. The topological polar surface area (TPSA) is 93.2 Å². The van der Waals surface area contributed by atoms with E-state index in [0.29, 0.717) is 16.8 Å². The quantitative estimate of drug-likeness (QED) is 0.330. The van der Waals surface area contributed by atoms with Gasteiger partial charge in [-0.25, -0.2) is 14.2 Å². The zero-order valence-corrected chi connectivity index (χ0v) is 21.9. The highest BCUT2D eigenvalue weighted by atomic mass is 35.5. The molecule has 5 rings (SSSR count). The number of anilines is 1.